The van der Waals surface area contributed by atoms with Gasteiger partial charge in [-0.3, -0.25) is 0 Å². The summed E-state index contributed by atoms with van der Waals surface area (Å²) in [6.45, 7) is 8.97. The Labute approximate surface area is 78.9 Å². The molecular weight excluding hydrogens is 166 g/mol. The molecule has 0 fully saturated rings. The maximum atomic E-state index is 5.53. The molecule has 0 aromatic carbocycles. The quantitative estimate of drug-likeness (QED) is 0.718. The average molecular weight is 183 g/mol. The van der Waals surface area contributed by atoms with E-state index in [1.807, 2.05) is 27.0 Å². The fourth-order valence-corrected chi connectivity index (χ4v) is 0.979. The zero-order chi connectivity index (χ0) is 9.90. The van der Waals surface area contributed by atoms with Crippen molar-refractivity contribution >= 4 is 0 Å². The summed E-state index contributed by atoms with van der Waals surface area (Å²) >= 11 is 0. The minimum Gasteiger partial charge on any atom is -0.470 e. The van der Waals surface area contributed by atoms with Crippen LogP contribution in [-0.4, -0.2) is 20.6 Å². The van der Waals surface area contributed by atoms with Crippen molar-refractivity contribution in [3.63, 3.8) is 0 Å². The Bertz CT molecular complexity index is 262. The van der Waals surface area contributed by atoms with Gasteiger partial charge < -0.3 is 4.74 Å². The molecule has 0 amide bonds. The molecule has 0 aliphatic rings. The van der Waals surface area contributed by atoms with Crippen molar-refractivity contribution < 1.29 is 4.74 Å². The lowest BCUT2D eigenvalue weighted by Crippen LogP contribution is -2.23. The largest absolute Gasteiger partial charge is 0.470 e. The first-order valence-electron chi connectivity index (χ1n) is 4.60. The Morgan fingerprint density at radius 2 is 2.15 bits per heavy atom. The van der Waals surface area contributed by atoms with Crippen LogP contribution in [0.5, 0.6) is 5.88 Å². The van der Waals surface area contributed by atoms with Crippen molar-refractivity contribution in [3.8, 4) is 5.88 Å². The van der Waals surface area contributed by atoms with Crippen LogP contribution in [0.2, 0.25) is 0 Å². The third kappa shape index (κ3) is 3.44. The molecule has 0 saturated carbocycles. The summed E-state index contributed by atoms with van der Waals surface area (Å²) in [5.74, 6) is 0.598. The molecule has 1 heterocycles. The zero-order valence-electron chi connectivity index (χ0n) is 8.74. The smallest absolute Gasteiger partial charge is 0.253 e. The lowest BCUT2D eigenvalue weighted by atomic mass is 10.2. The van der Waals surface area contributed by atoms with Gasteiger partial charge in [-0.2, -0.15) is 0 Å². The summed E-state index contributed by atoms with van der Waals surface area (Å²) in [5, 5.41) is 7.84. The van der Waals surface area contributed by atoms with Gasteiger partial charge in [0.05, 0.1) is 6.20 Å². The van der Waals surface area contributed by atoms with E-state index in [1.165, 1.54) is 0 Å². The van der Waals surface area contributed by atoms with Crippen LogP contribution < -0.4 is 4.74 Å². The fraction of sp³-hybridized carbons (Fsp3) is 0.778. The number of aromatic nitrogens is 3. The molecule has 1 aromatic rings. The molecule has 0 atom stereocenters. The van der Waals surface area contributed by atoms with E-state index in [0.717, 1.165) is 13.0 Å². The second-order valence-electron chi connectivity index (χ2n) is 4.03. The van der Waals surface area contributed by atoms with Crippen molar-refractivity contribution in [2.45, 2.75) is 46.3 Å². The van der Waals surface area contributed by atoms with Crippen molar-refractivity contribution in [2.75, 3.05) is 0 Å². The molecule has 0 aliphatic heterocycles. The number of ether oxygens (including phenoxy) is 1. The van der Waals surface area contributed by atoms with Gasteiger partial charge in [-0.15, -0.1) is 0 Å². The third-order valence-corrected chi connectivity index (χ3v) is 1.38. The van der Waals surface area contributed by atoms with Gasteiger partial charge in [-0.05, 0) is 27.2 Å². The van der Waals surface area contributed by atoms with Crippen LogP contribution in [0.3, 0.4) is 0 Å². The molecule has 13 heavy (non-hydrogen) atoms. The summed E-state index contributed by atoms with van der Waals surface area (Å²) in [4.78, 5) is 0. The number of nitrogens with zero attached hydrogens (tertiary/aromatic N) is 3. The molecule has 0 bridgehead atoms. The molecule has 4 heteroatoms. The predicted molar refractivity (Wildman–Crippen MR) is 50.7 cm³/mol. The zero-order valence-corrected chi connectivity index (χ0v) is 8.74. The van der Waals surface area contributed by atoms with Crippen LogP contribution in [0.15, 0.2) is 6.20 Å². The summed E-state index contributed by atoms with van der Waals surface area (Å²) in [7, 11) is 0. The highest BCUT2D eigenvalue weighted by Gasteiger charge is 2.13. The van der Waals surface area contributed by atoms with E-state index >= 15 is 0 Å². The Kier molecular flexibility index (Phi) is 2.90. The number of rotatable bonds is 3. The highest BCUT2D eigenvalue weighted by Crippen LogP contribution is 2.13. The maximum Gasteiger partial charge on any atom is 0.253 e. The number of aryl methyl sites for hydroxylation is 1. The molecule has 0 spiro atoms. The van der Waals surface area contributed by atoms with Gasteiger partial charge in [-0.25, -0.2) is 4.68 Å². The van der Waals surface area contributed by atoms with Crippen molar-refractivity contribution in [1.29, 1.82) is 0 Å². The normalized spacial score (nSPS) is 11.7. The van der Waals surface area contributed by atoms with Gasteiger partial charge in [0.15, 0.2) is 0 Å². The minimum absolute atomic E-state index is 0.201. The maximum absolute atomic E-state index is 5.53. The molecular formula is C9H17N3O. The SMILES string of the molecule is CCCn1cc(OC(C)(C)C)nn1. The molecule has 0 N–H and O–H groups in total. The molecule has 1 aromatic heterocycles. The van der Waals surface area contributed by atoms with Crippen LogP contribution in [0.1, 0.15) is 34.1 Å². The standard InChI is InChI=1S/C9H17N3O/c1-5-6-12-7-8(10-11-12)13-9(2,3)4/h7H,5-6H2,1-4H3. The molecule has 0 saturated heterocycles. The summed E-state index contributed by atoms with van der Waals surface area (Å²) < 4.78 is 7.33. The fourth-order valence-electron chi connectivity index (χ4n) is 0.979. The first-order valence-corrected chi connectivity index (χ1v) is 4.60. The van der Waals surface area contributed by atoms with E-state index in [1.54, 1.807) is 4.68 Å². The Balaban J connectivity index is 2.59. The number of hydrogen-bond acceptors (Lipinski definition) is 3. The molecule has 0 aliphatic carbocycles. The average Bonchev–Trinajstić information content (AvgIpc) is 2.33. The predicted octanol–water partition coefficient (Wildman–Crippen LogP) is 1.87. The van der Waals surface area contributed by atoms with Gasteiger partial charge in [-0.1, -0.05) is 17.2 Å². The van der Waals surface area contributed by atoms with E-state index in [0.29, 0.717) is 5.88 Å². The molecule has 0 unspecified atom stereocenters. The summed E-state index contributed by atoms with van der Waals surface area (Å²) in [5.41, 5.74) is -0.201. The van der Waals surface area contributed by atoms with Gasteiger partial charge in [0, 0.05) is 6.54 Å². The first kappa shape index (κ1) is 10.0. The Morgan fingerprint density at radius 1 is 1.46 bits per heavy atom. The topological polar surface area (TPSA) is 39.9 Å². The van der Waals surface area contributed by atoms with Crippen LogP contribution in [0.4, 0.5) is 0 Å². The highest BCUT2D eigenvalue weighted by atomic mass is 16.5. The van der Waals surface area contributed by atoms with Crippen LogP contribution >= 0.6 is 0 Å². The van der Waals surface area contributed by atoms with E-state index in [9.17, 15) is 0 Å². The summed E-state index contributed by atoms with van der Waals surface area (Å²) in [6, 6.07) is 0. The van der Waals surface area contributed by atoms with Crippen molar-refractivity contribution in [1.82, 2.24) is 15.0 Å². The third-order valence-electron chi connectivity index (χ3n) is 1.38. The van der Waals surface area contributed by atoms with E-state index < -0.39 is 0 Å². The molecule has 1 rings (SSSR count). The van der Waals surface area contributed by atoms with Gasteiger partial charge in [0.1, 0.15) is 5.60 Å². The highest BCUT2D eigenvalue weighted by molar-refractivity contribution is 5.01. The Hall–Kier alpha value is -1.06. The van der Waals surface area contributed by atoms with Crippen LogP contribution in [0, 0.1) is 0 Å². The van der Waals surface area contributed by atoms with E-state index in [2.05, 4.69) is 17.2 Å². The molecule has 0 radical (unpaired) electrons. The monoisotopic (exact) mass is 183 g/mol. The second-order valence-corrected chi connectivity index (χ2v) is 4.03. The van der Waals surface area contributed by atoms with Crippen LogP contribution in [0.25, 0.3) is 0 Å². The van der Waals surface area contributed by atoms with Gasteiger partial charge >= 0.3 is 0 Å². The first-order chi connectivity index (χ1) is 6.01. The lowest BCUT2D eigenvalue weighted by Gasteiger charge is -2.18. The van der Waals surface area contributed by atoms with Gasteiger partial charge in [0.25, 0.3) is 5.88 Å². The van der Waals surface area contributed by atoms with Gasteiger partial charge in [0.2, 0.25) is 0 Å². The van der Waals surface area contributed by atoms with E-state index in [-0.39, 0.29) is 5.60 Å². The molecule has 4 nitrogen and oxygen atoms in total. The van der Waals surface area contributed by atoms with Crippen molar-refractivity contribution in [3.05, 3.63) is 6.20 Å². The number of hydrogen-bond donors (Lipinski definition) is 0. The molecule has 74 valence electrons. The Morgan fingerprint density at radius 3 is 2.69 bits per heavy atom. The summed E-state index contributed by atoms with van der Waals surface area (Å²) in [6.07, 6.45) is 2.88. The van der Waals surface area contributed by atoms with Crippen molar-refractivity contribution in [2.24, 2.45) is 0 Å². The van der Waals surface area contributed by atoms with E-state index in [4.69, 9.17) is 4.74 Å². The lowest BCUT2D eigenvalue weighted by molar-refractivity contribution is 0.124. The minimum atomic E-state index is -0.201. The second kappa shape index (κ2) is 3.77. The van der Waals surface area contributed by atoms with Crippen LogP contribution in [-0.2, 0) is 6.54 Å².